The molecule has 0 aromatic heterocycles. The largest absolute Gasteiger partial charge is 0.291 e. The van der Waals surface area contributed by atoms with E-state index in [1.165, 1.54) is 6.92 Å². The maximum absolute atomic E-state index is 11.2. The van der Waals surface area contributed by atoms with Crippen molar-refractivity contribution in [2.45, 2.75) is 12.3 Å². The highest BCUT2D eigenvalue weighted by Crippen LogP contribution is 2.23. The molecule has 1 atom stereocenters. The van der Waals surface area contributed by atoms with Crippen LogP contribution in [0.4, 0.5) is 0 Å². The van der Waals surface area contributed by atoms with E-state index >= 15 is 0 Å². The van der Waals surface area contributed by atoms with Crippen LogP contribution in [0.3, 0.4) is 0 Å². The first-order valence-corrected chi connectivity index (χ1v) is 4.78. The van der Waals surface area contributed by atoms with Crippen LogP contribution in [0, 0.1) is 0 Å². The fraction of sp³-hybridized carbons (Fsp3) is 0.200. The molecule has 1 rings (SSSR count). The molecule has 1 aromatic rings. The molecule has 0 saturated carbocycles. The van der Waals surface area contributed by atoms with Gasteiger partial charge in [0.2, 0.25) is 5.78 Å². The van der Waals surface area contributed by atoms with Gasteiger partial charge in [0, 0.05) is 11.9 Å². The van der Waals surface area contributed by atoms with Gasteiger partial charge in [-0.3, -0.25) is 9.59 Å². The van der Waals surface area contributed by atoms with Crippen LogP contribution in [0.1, 0.15) is 17.9 Å². The Morgan fingerprint density at radius 1 is 1.21 bits per heavy atom. The van der Waals surface area contributed by atoms with E-state index in [4.69, 9.17) is 23.2 Å². The summed E-state index contributed by atoms with van der Waals surface area (Å²) in [5.41, 5.74) is 0.580. The minimum absolute atomic E-state index is 0.542. The van der Waals surface area contributed by atoms with Gasteiger partial charge in [-0.05, 0) is 17.7 Å². The van der Waals surface area contributed by atoms with Crippen LogP contribution in [0.5, 0.6) is 0 Å². The van der Waals surface area contributed by atoms with Crippen LogP contribution in [-0.2, 0) is 9.59 Å². The molecule has 0 aliphatic rings. The van der Waals surface area contributed by atoms with Crippen LogP contribution in [-0.4, -0.2) is 11.6 Å². The van der Waals surface area contributed by atoms with E-state index in [1.807, 2.05) is 0 Å². The van der Waals surface area contributed by atoms with Crippen LogP contribution in [0.25, 0.3) is 0 Å². The number of halogens is 2. The van der Waals surface area contributed by atoms with Crippen LogP contribution in [0.2, 0.25) is 5.02 Å². The van der Waals surface area contributed by atoms with Gasteiger partial charge in [-0.2, -0.15) is 0 Å². The lowest BCUT2D eigenvalue weighted by Gasteiger charge is -2.05. The maximum atomic E-state index is 11.2. The van der Waals surface area contributed by atoms with Crippen LogP contribution >= 0.6 is 23.2 Å². The molecule has 0 bridgehead atoms. The number of rotatable bonds is 3. The maximum Gasteiger partial charge on any atom is 0.220 e. The predicted octanol–water partition coefficient (Wildman–Crippen LogP) is 2.78. The van der Waals surface area contributed by atoms with Crippen molar-refractivity contribution in [3.8, 4) is 0 Å². The molecule has 0 amide bonds. The van der Waals surface area contributed by atoms with E-state index < -0.39 is 16.9 Å². The summed E-state index contributed by atoms with van der Waals surface area (Å²) in [6.07, 6.45) is 0. The first kappa shape index (κ1) is 11.2. The first-order valence-electron chi connectivity index (χ1n) is 3.96. The average molecular weight is 231 g/mol. The third-order valence-corrected chi connectivity index (χ3v) is 2.44. The lowest BCUT2D eigenvalue weighted by atomic mass is 10.1. The quantitative estimate of drug-likeness (QED) is 0.592. The summed E-state index contributed by atoms with van der Waals surface area (Å²) in [5.74, 6) is -1.14. The normalized spacial score (nSPS) is 12.2. The molecule has 0 aliphatic carbocycles. The zero-order valence-corrected chi connectivity index (χ0v) is 8.97. The molecule has 0 saturated heterocycles. The predicted molar refractivity (Wildman–Crippen MR) is 55.7 cm³/mol. The Morgan fingerprint density at radius 3 is 2.14 bits per heavy atom. The summed E-state index contributed by atoms with van der Waals surface area (Å²) in [6, 6.07) is 6.50. The van der Waals surface area contributed by atoms with Gasteiger partial charge in [-0.1, -0.05) is 23.7 Å². The Labute approximate surface area is 91.8 Å². The number of Topliss-reactive ketones (excluding diaryl/α,β-unsaturated/α-hetero) is 2. The van der Waals surface area contributed by atoms with Gasteiger partial charge in [-0.25, -0.2) is 0 Å². The number of hydrogen-bond acceptors (Lipinski definition) is 2. The number of benzene rings is 1. The zero-order chi connectivity index (χ0) is 10.7. The summed E-state index contributed by atoms with van der Waals surface area (Å²) in [4.78, 5) is 22.0. The molecule has 1 aromatic carbocycles. The monoisotopic (exact) mass is 230 g/mol. The van der Waals surface area contributed by atoms with Crippen molar-refractivity contribution < 1.29 is 9.59 Å². The van der Waals surface area contributed by atoms with Gasteiger partial charge >= 0.3 is 0 Å². The van der Waals surface area contributed by atoms with Crippen LogP contribution < -0.4 is 0 Å². The fourth-order valence-corrected chi connectivity index (χ4v) is 1.39. The topological polar surface area (TPSA) is 34.1 Å². The molecule has 1 unspecified atom stereocenters. The number of carbonyl (C=O) groups is 2. The van der Waals surface area contributed by atoms with Crippen molar-refractivity contribution >= 4 is 34.8 Å². The number of carbonyl (C=O) groups excluding carboxylic acids is 2. The lowest BCUT2D eigenvalue weighted by Crippen LogP contribution is -2.15. The molecule has 0 aliphatic heterocycles. The van der Waals surface area contributed by atoms with Gasteiger partial charge in [0.1, 0.15) is 5.38 Å². The average Bonchev–Trinajstić information content (AvgIpc) is 2.16. The molecule has 0 fully saturated rings. The van der Waals surface area contributed by atoms with E-state index in [0.29, 0.717) is 10.6 Å². The Morgan fingerprint density at radius 2 is 1.71 bits per heavy atom. The minimum Gasteiger partial charge on any atom is -0.291 e. The fourth-order valence-electron chi connectivity index (χ4n) is 0.962. The van der Waals surface area contributed by atoms with Crippen LogP contribution in [0.15, 0.2) is 24.3 Å². The van der Waals surface area contributed by atoms with E-state index in [2.05, 4.69) is 0 Å². The molecule has 0 heterocycles. The first-order chi connectivity index (χ1) is 6.52. The van der Waals surface area contributed by atoms with Gasteiger partial charge in [0.25, 0.3) is 0 Å². The van der Waals surface area contributed by atoms with E-state index in [0.717, 1.165) is 0 Å². The second kappa shape index (κ2) is 4.58. The SMILES string of the molecule is CC(=O)C(=O)C(Cl)c1ccc(Cl)cc1. The van der Waals surface area contributed by atoms with Gasteiger partial charge < -0.3 is 0 Å². The Kier molecular flexibility index (Phi) is 3.67. The van der Waals surface area contributed by atoms with Crippen molar-refractivity contribution in [1.82, 2.24) is 0 Å². The third kappa shape index (κ3) is 2.56. The minimum atomic E-state index is -0.912. The van der Waals surface area contributed by atoms with Crippen molar-refractivity contribution in [3.63, 3.8) is 0 Å². The Hall–Kier alpha value is -0.860. The van der Waals surface area contributed by atoms with Gasteiger partial charge in [-0.15, -0.1) is 11.6 Å². The number of alkyl halides is 1. The molecule has 2 nitrogen and oxygen atoms in total. The highest BCUT2D eigenvalue weighted by Gasteiger charge is 2.21. The van der Waals surface area contributed by atoms with Crippen molar-refractivity contribution in [1.29, 1.82) is 0 Å². The number of ketones is 2. The lowest BCUT2D eigenvalue weighted by molar-refractivity contribution is -0.135. The summed E-state index contributed by atoms with van der Waals surface area (Å²) >= 11 is 11.5. The highest BCUT2D eigenvalue weighted by molar-refractivity contribution is 6.48. The molecular weight excluding hydrogens is 223 g/mol. The molecule has 14 heavy (non-hydrogen) atoms. The molecule has 0 radical (unpaired) electrons. The highest BCUT2D eigenvalue weighted by atomic mass is 35.5. The Bertz CT molecular complexity index is 357. The summed E-state index contributed by atoms with van der Waals surface area (Å²) in [5, 5.41) is -0.349. The second-order valence-corrected chi connectivity index (χ2v) is 3.71. The molecule has 0 spiro atoms. The standard InChI is InChI=1S/C10H8Cl2O2/c1-6(13)10(14)9(12)7-2-4-8(11)5-3-7/h2-5,9H,1H3. The van der Waals surface area contributed by atoms with Crippen molar-refractivity contribution in [3.05, 3.63) is 34.9 Å². The van der Waals surface area contributed by atoms with E-state index in [1.54, 1.807) is 24.3 Å². The van der Waals surface area contributed by atoms with Gasteiger partial charge in [0.05, 0.1) is 0 Å². The smallest absolute Gasteiger partial charge is 0.220 e. The molecule has 74 valence electrons. The summed E-state index contributed by atoms with van der Waals surface area (Å²) in [7, 11) is 0. The second-order valence-electron chi connectivity index (χ2n) is 2.83. The molecule has 0 N–H and O–H groups in total. The van der Waals surface area contributed by atoms with E-state index in [9.17, 15) is 9.59 Å². The summed E-state index contributed by atoms with van der Waals surface area (Å²) < 4.78 is 0. The van der Waals surface area contributed by atoms with Crippen molar-refractivity contribution in [2.75, 3.05) is 0 Å². The third-order valence-electron chi connectivity index (χ3n) is 1.74. The van der Waals surface area contributed by atoms with Crippen molar-refractivity contribution in [2.24, 2.45) is 0 Å². The molecular formula is C10H8Cl2O2. The Balaban J connectivity index is 2.89. The number of hydrogen-bond donors (Lipinski definition) is 0. The summed E-state index contributed by atoms with van der Waals surface area (Å²) in [6.45, 7) is 1.20. The zero-order valence-electron chi connectivity index (χ0n) is 7.46. The van der Waals surface area contributed by atoms with E-state index in [-0.39, 0.29) is 0 Å². The van der Waals surface area contributed by atoms with Gasteiger partial charge in [0.15, 0.2) is 5.78 Å². The molecule has 4 heteroatoms.